The largest absolute Gasteiger partial charge is 0.349 e. The van der Waals surface area contributed by atoms with Gasteiger partial charge in [0, 0.05) is 25.2 Å². The molecule has 4 heteroatoms. The summed E-state index contributed by atoms with van der Waals surface area (Å²) in [5.74, 6) is 1.56. The van der Waals surface area contributed by atoms with E-state index in [9.17, 15) is 4.79 Å². The Hall–Kier alpha value is -0.870. The second-order valence-electron chi connectivity index (χ2n) is 7.47. The van der Waals surface area contributed by atoms with Crippen LogP contribution < -0.4 is 5.32 Å². The molecule has 1 N–H and O–H groups in total. The highest BCUT2D eigenvalue weighted by Crippen LogP contribution is 2.27. The van der Waals surface area contributed by atoms with Crippen LogP contribution in [0.5, 0.6) is 0 Å². The summed E-state index contributed by atoms with van der Waals surface area (Å²) in [4.78, 5) is 15.8. The fraction of sp³-hybridized carbons (Fsp3) is 0.722. The number of amides is 1. The van der Waals surface area contributed by atoms with Gasteiger partial charge in [-0.15, -0.1) is 11.3 Å². The first-order valence-electron chi connectivity index (χ1n) is 8.43. The molecule has 1 saturated heterocycles. The number of nitrogens with one attached hydrogen (secondary N) is 1. The third-order valence-corrected chi connectivity index (χ3v) is 5.70. The Bertz CT molecular complexity index is 499. The number of hydrogen-bond donors (Lipinski definition) is 1. The molecule has 1 amide bonds. The van der Waals surface area contributed by atoms with E-state index in [1.54, 1.807) is 11.3 Å². The van der Waals surface area contributed by atoms with Gasteiger partial charge in [0.1, 0.15) is 0 Å². The van der Waals surface area contributed by atoms with Crippen molar-refractivity contribution in [2.24, 2.45) is 11.8 Å². The van der Waals surface area contributed by atoms with Crippen LogP contribution in [-0.4, -0.2) is 36.0 Å². The summed E-state index contributed by atoms with van der Waals surface area (Å²) >= 11 is 1.54. The molecule has 0 aromatic carbocycles. The van der Waals surface area contributed by atoms with Gasteiger partial charge in [0.25, 0.3) is 5.91 Å². The number of carbonyl (C=O) groups is 1. The summed E-state index contributed by atoms with van der Waals surface area (Å²) in [6, 6.07) is 2.05. The summed E-state index contributed by atoms with van der Waals surface area (Å²) in [5, 5.41) is 5.16. The zero-order chi connectivity index (χ0) is 16.3. The second-order valence-corrected chi connectivity index (χ2v) is 8.39. The van der Waals surface area contributed by atoms with E-state index in [2.05, 4.69) is 50.9 Å². The van der Waals surface area contributed by atoms with Gasteiger partial charge < -0.3 is 5.32 Å². The first-order valence-corrected chi connectivity index (χ1v) is 9.31. The first kappa shape index (κ1) is 17.5. The maximum Gasteiger partial charge on any atom is 0.261 e. The number of carbonyl (C=O) groups excluding carboxylic acids is 1. The van der Waals surface area contributed by atoms with Crippen molar-refractivity contribution >= 4 is 17.2 Å². The van der Waals surface area contributed by atoms with Crippen LogP contribution >= 0.6 is 11.3 Å². The van der Waals surface area contributed by atoms with Crippen molar-refractivity contribution in [3.8, 4) is 0 Å². The molecule has 1 fully saturated rings. The van der Waals surface area contributed by atoms with E-state index in [4.69, 9.17) is 0 Å². The summed E-state index contributed by atoms with van der Waals surface area (Å²) in [6.07, 6.45) is 2.23. The van der Waals surface area contributed by atoms with Crippen LogP contribution in [-0.2, 0) is 6.42 Å². The van der Waals surface area contributed by atoms with Gasteiger partial charge in [0.05, 0.1) is 4.88 Å². The van der Waals surface area contributed by atoms with E-state index in [0.717, 1.165) is 41.8 Å². The Balaban J connectivity index is 1.96. The Morgan fingerprint density at radius 1 is 1.36 bits per heavy atom. The fourth-order valence-corrected chi connectivity index (χ4v) is 4.37. The summed E-state index contributed by atoms with van der Waals surface area (Å²) in [6.45, 7) is 14.2. The van der Waals surface area contributed by atoms with Crippen LogP contribution in [0.25, 0.3) is 0 Å². The van der Waals surface area contributed by atoms with Crippen LogP contribution in [0, 0.1) is 11.8 Å². The zero-order valence-corrected chi connectivity index (χ0v) is 15.4. The maximum absolute atomic E-state index is 12.4. The molecular weight excluding hydrogens is 292 g/mol. The number of thiophene rings is 1. The molecule has 2 atom stereocenters. The van der Waals surface area contributed by atoms with Gasteiger partial charge in [0.15, 0.2) is 0 Å². The highest BCUT2D eigenvalue weighted by molar-refractivity contribution is 7.12. The van der Waals surface area contributed by atoms with Crippen LogP contribution in [0.4, 0.5) is 0 Å². The molecule has 2 rings (SSSR count). The minimum Gasteiger partial charge on any atom is -0.349 e. The van der Waals surface area contributed by atoms with Gasteiger partial charge >= 0.3 is 0 Å². The van der Waals surface area contributed by atoms with Gasteiger partial charge in [-0.2, -0.15) is 0 Å². The minimum atomic E-state index is 0.00222. The molecule has 1 aromatic rings. The number of nitrogens with zero attached hydrogens (tertiary/aromatic N) is 1. The first-order chi connectivity index (χ1) is 10.3. The number of piperidine rings is 1. The molecule has 22 heavy (non-hydrogen) atoms. The van der Waals surface area contributed by atoms with Crippen LogP contribution in [0.1, 0.15) is 56.3 Å². The lowest BCUT2D eigenvalue weighted by Crippen LogP contribution is -2.56. The van der Waals surface area contributed by atoms with E-state index in [1.165, 1.54) is 6.42 Å². The lowest BCUT2D eigenvalue weighted by molar-refractivity contribution is 0.0445. The lowest BCUT2D eigenvalue weighted by Gasteiger charge is -2.45. The number of rotatable bonds is 5. The molecule has 0 unspecified atom stereocenters. The zero-order valence-electron chi connectivity index (χ0n) is 14.6. The molecule has 0 saturated carbocycles. The molecule has 1 aromatic heterocycles. The van der Waals surface area contributed by atoms with Crippen LogP contribution in [0.3, 0.4) is 0 Å². The van der Waals surface area contributed by atoms with Crippen molar-refractivity contribution in [3.05, 3.63) is 21.9 Å². The van der Waals surface area contributed by atoms with Crippen molar-refractivity contribution in [1.29, 1.82) is 0 Å². The second kappa shape index (κ2) is 7.14. The molecule has 0 spiro atoms. The molecule has 1 aliphatic heterocycles. The van der Waals surface area contributed by atoms with Gasteiger partial charge in [-0.3, -0.25) is 9.69 Å². The molecule has 3 nitrogen and oxygen atoms in total. The predicted octanol–water partition coefficient (Wildman–Crippen LogP) is 3.80. The average Bonchev–Trinajstić information content (AvgIpc) is 2.92. The molecular formula is C18H30N2OS. The average molecular weight is 323 g/mol. The Kier molecular flexibility index (Phi) is 5.67. The minimum absolute atomic E-state index is 0.00222. The van der Waals surface area contributed by atoms with E-state index >= 15 is 0 Å². The summed E-state index contributed by atoms with van der Waals surface area (Å²) in [5.41, 5.74) is 1.16. The monoisotopic (exact) mass is 322 g/mol. The number of likely N-dealkylation sites (tertiary alicyclic amines) is 1. The van der Waals surface area contributed by atoms with Gasteiger partial charge in [0.2, 0.25) is 0 Å². The standard InChI is InChI=1S/C18H30N2OS/c1-6-15-7-8-22-16(15)17(21)19-12-18(4,5)20-10-13(2)9-14(3)11-20/h7-8,13-14H,6,9-12H2,1-5H3,(H,19,21)/t13-,14-/m1/s1. The smallest absolute Gasteiger partial charge is 0.261 e. The van der Waals surface area contributed by atoms with Gasteiger partial charge in [-0.25, -0.2) is 0 Å². The highest BCUT2D eigenvalue weighted by atomic mass is 32.1. The molecule has 0 radical (unpaired) electrons. The highest BCUT2D eigenvalue weighted by Gasteiger charge is 2.33. The van der Waals surface area contributed by atoms with Gasteiger partial charge in [-0.05, 0) is 55.5 Å². The quantitative estimate of drug-likeness (QED) is 0.894. The van der Waals surface area contributed by atoms with Crippen molar-refractivity contribution < 1.29 is 4.79 Å². The Morgan fingerprint density at radius 3 is 2.59 bits per heavy atom. The fourth-order valence-electron chi connectivity index (χ4n) is 3.46. The molecule has 2 heterocycles. The topological polar surface area (TPSA) is 32.3 Å². The van der Waals surface area contributed by atoms with E-state index in [1.807, 2.05) is 5.38 Å². The maximum atomic E-state index is 12.4. The normalized spacial score (nSPS) is 23.5. The van der Waals surface area contributed by atoms with Crippen LogP contribution in [0.2, 0.25) is 0 Å². The molecule has 1 aliphatic rings. The lowest BCUT2D eigenvalue weighted by atomic mass is 9.88. The van der Waals surface area contributed by atoms with Gasteiger partial charge in [-0.1, -0.05) is 20.8 Å². The molecule has 0 aliphatic carbocycles. The van der Waals surface area contributed by atoms with Crippen molar-refractivity contribution in [2.75, 3.05) is 19.6 Å². The van der Waals surface area contributed by atoms with E-state index in [-0.39, 0.29) is 11.4 Å². The van der Waals surface area contributed by atoms with E-state index in [0.29, 0.717) is 6.54 Å². The number of aryl methyl sites for hydroxylation is 1. The summed E-state index contributed by atoms with van der Waals surface area (Å²) < 4.78 is 0. The third-order valence-electron chi connectivity index (χ3n) is 4.74. The number of hydrogen-bond acceptors (Lipinski definition) is 3. The SMILES string of the molecule is CCc1ccsc1C(=O)NCC(C)(C)N1C[C@H](C)C[C@@H](C)C1. The third kappa shape index (κ3) is 4.11. The van der Waals surface area contributed by atoms with E-state index < -0.39 is 0 Å². The Labute approximate surface area is 139 Å². The van der Waals surface area contributed by atoms with Crippen LogP contribution in [0.15, 0.2) is 11.4 Å². The van der Waals surface area contributed by atoms with Crippen molar-refractivity contribution in [1.82, 2.24) is 10.2 Å². The molecule has 124 valence electrons. The van der Waals surface area contributed by atoms with Crippen molar-refractivity contribution in [2.45, 2.75) is 53.0 Å². The predicted molar refractivity (Wildman–Crippen MR) is 94.6 cm³/mol. The molecule has 0 bridgehead atoms. The summed E-state index contributed by atoms with van der Waals surface area (Å²) in [7, 11) is 0. The Morgan fingerprint density at radius 2 is 2.00 bits per heavy atom. The van der Waals surface area contributed by atoms with Crippen molar-refractivity contribution in [3.63, 3.8) is 0 Å².